The zero-order valence-corrected chi connectivity index (χ0v) is 15.7. The topological polar surface area (TPSA) is 77.1 Å². The maximum Gasteiger partial charge on any atom is 0.309 e. The highest BCUT2D eigenvalue weighted by Crippen LogP contribution is 2.26. The number of ether oxygens (including phenoxy) is 3. The zero-order valence-electron chi connectivity index (χ0n) is 15.7. The molecule has 1 aliphatic rings. The molecule has 0 atom stereocenters. The minimum absolute atomic E-state index is 0.00993. The Bertz CT molecular complexity index is 590. The first kappa shape index (κ1) is 20.0. The average Bonchev–Trinajstić information content (AvgIpc) is 2.66. The number of likely N-dealkylation sites (tertiary alicyclic amines) is 1. The van der Waals surface area contributed by atoms with Crippen molar-refractivity contribution in [3.05, 3.63) is 18.2 Å². The number of rotatable bonds is 8. The summed E-state index contributed by atoms with van der Waals surface area (Å²) in [5.74, 6) is 1.08. The smallest absolute Gasteiger partial charge is 0.309 e. The predicted molar refractivity (Wildman–Crippen MR) is 98.6 cm³/mol. The number of piperidine rings is 1. The monoisotopic (exact) mass is 364 g/mol. The van der Waals surface area contributed by atoms with Gasteiger partial charge in [0, 0.05) is 36.9 Å². The molecular weight excluding hydrogens is 336 g/mol. The van der Waals surface area contributed by atoms with Crippen LogP contribution in [0.5, 0.6) is 11.5 Å². The van der Waals surface area contributed by atoms with Gasteiger partial charge in [-0.2, -0.15) is 0 Å². The minimum atomic E-state index is -0.100. The van der Waals surface area contributed by atoms with Crippen molar-refractivity contribution in [1.29, 1.82) is 0 Å². The lowest BCUT2D eigenvalue weighted by atomic mass is 9.97. The van der Waals surface area contributed by atoms with Gasteiger partial charge in [0.2, 0.25) is 5.91 Å². The summed E-state index contributed by atoms with van der Waals surface area (Å²) in [6, 6.07) is 5.26. The van der Waals surface area contributed by atoms with Crippen LogP contribution >= 0.6 is 0 Å². The largest absolute Gasteiger partial charge is 0.497 e. The molecule has 0 saturated carbocycles. The number of hydrogen-bond donors (Lipinski definition) is 1. The van der Waals surface area contributed by atoms with Crippen LogP contribution in [-0.2, 0) is 14.3 Å². The number of methoxy groups -OCH3 is 2. The Morgan fingerprint density at radius 2 is 1.73 bits per heavy atom. The van der Waals surface area contributed by atoms with Gasteiger partial charge in [-0.25, -0.2) is 0 Å². The lowest BCUT2D eigenvalue weighted by Crippen LogP contribution is -2.38. The molecule has 0 aliphatic carbocycles. The molecule has 1 aromatic carbocycles. The van der Waals surface area contributed by atoms with Crippen LogP contribution in [0.1, 0.15) is 26.2 Å². The van der Waals surface area contributed by atoms with Gasteiger partial charge in [0.15, 0.2) is 0 Å². The van der Waals surface area contributed by atoms with Crippen molar-refractivity contribution in [3.8, 4) is 11.5 Å². The summed E-state index contributed by atoms with van der Waals surface area (Å²) in [7, 11) is 3.14. The van der Waals surface area contributed by atoms with Gasteiger partial charge in [-0.05, 0) is 32.9 Å². The van der Waals surface area contributed by atoms with E-state index in [0.717, 1.165) is 25.9 Å². The molecule has 1 aliphatic heterocycles. The summed E-state index contributed by atoms with van der Waals surface area (Å²) < 4.78 is 15.5. The van der Waals surface area contributed by atoms with Crippen LogP contribution in [0.3, 0.4) is 0 Å². The summed E-state index contributed by atoms with van der Waals surface area (Å²) in [4.78, 5) is 26.2. The van der Waals surface area contributed by atoms with Crippen LogP contribution in [-0.4, -0.2) is 57.2 Å². The Labute approximate surface area is 154 Å². The molecule has 1 saturated heterocycles. The van der Waals surface area contributed by atoms with Crippen molar-refractivity contribution in [2.45, 2.75) is 26.2 Å². The molecule has 0 bridgehead atoms. The molecule has 0 unspecified atom stereocenters. The van der Waals surface area contributed by atoms with Crippen molar-refractivity contribution in [1.82, 2.24) is 4.90 Å². The highest BCUT2D eigenvalue weighted by atomic mass is 16.5. The molecule has 1 heterocycles. The molecule has 7 heteroatoms. The Hall–Kier alpha value is -2.28. The number of hydrogen-bond acceptors (Lipinski definition) is 6. The first-order valence-electron chi connectivity index (χ1n) is 8.97. The first-order valence-corrected chi connectivity index (χ1v) is 8.97. The number of nitrogens with zero attached hydrogens (tertiary/aromatic N) is 1. The SMILES string of the molecule is CCOC(=O)C1CCN(CCC(=O)Nc2cc(OC)cc(OC)c2)CC1. The summed E-state index contributed by atoms with van der Waals surface area (Å²) in [6.07, 6.45) is 1.96. The minimum Gasteiger partial charge on any atom is -0.497 e. The van der Waals surface area contributed by atoms with E-state index in [0.29, 0.717) is 36.8 Å². The lowest BCUT2D eigenvalue weighted by molar-refractivity contribution is -0.149. The quantitative estimate of drug-likeness (QED) is 0.714. The van der Waals surface area contributed by atoms with Crippen molar-refractivity contribution in [3.63, 3.8) is 0 Å². The lowest BCUT2D eigenvalue weighted by Gasteiger charge is -2.30. The third kappa shape index (κ3) is 5.91. The Morgan fingerprint density at radius 1 is 1.12 bits per heavy atom. The van der Waals surface area contributed by atoms with Crippen LogP contribution in [0.4, 0.5) is 5.69 Å². The fraction of sp³-hybridized carbons (Fsp3) is 0.579. The molecule has 0 aromatic heterocycles. The standard InChI is InChI=1S/C19H28N2O5/c1-4-26-19(23)14-5-8-21(9-6-14)10-7-18(22)20-15-11-16(24-2)13-17(12-15)25-3/h11-14H,4-10H2,1-3H3,(H,20,22). The van der Waals surface area contributed by atoms with Gasteiger partial charge in [-0.15, -0.1) is 0 Å². The highest BCUT2D eigenvalue weighted by Gasteiger charge is 2.25. The molecular formula is C19H28N2O5. The molecule has 26 heavy (non-hydrogen) atoms. The molecule has 7 nitrogen and oxygen atoms in total. The van der Waals surface area contributed by atoms with Crippen LogP contribution < -0.4 is 14.8 Å². The van der Waals surface area contributed by atoms with Crippen LogP contribution in [0.15, 0.2) is 18.2 Å². The number of nitrogens with one attached hydrogen (secondary N) is 1. The number of carbonyl (C=O) groups is 2. The second-order valence-electron chi connectivity index (χ2n) is 6.27. The Morgan fingerprint density at radius 3 is 2.27 bits per heavy atom. The van der Waals surface area contributed by atoms with Crippen LogP contribution in [0.25, 0.3) is 0 Å². The molecule has 0 radical (unpaired) electrons. The van der Waals surface area contributed by atoms with Crippen molar-refractivity contribution < 1.29 is 23.8 Å². The summed E-state index contributed by atoms with van der Waals surface area (Å²) in [5.41, 5.74) is 0.646. The van der Waals surface area contributed by atoms with Gasteiger partial charge in [0.05, 0.1) is 26.7 Å². The van der Waals surface area contributed by atoms with E-state index in [2.05, 4.69) is 10.2 Å². The molecule has 1 amide bonds. The third-order valence-electron chi connectivity index (χ3n) is 4.50. The number of carbonyl (C=O) groups excluding carboxylic acids is 2. The predicted octanol–water partition coefficient (Wildman–Crippen LogP) is 2.31. The van der Waals surface area contributed by atoms with Gasteiger partial charge in [0.25, 0.3) is 0 Å². The molecule has 1 fully saturated rings. The summed E-state index contributed by atoms with van der Waals surface area (Å²) >= 11 is 0. The van der Waals surface area contributed by atoms with Crippen molar-refractivity contribution in [2.24, 2.45) is 5.92 Å². The van der Waals surface area contributed by atoms with Gasteiger partial charge in [0.1, 0.15) is 11.5 Å². The van der Waals surface area contributed by atoms with E-state index in [9.17, 15) is 9.59 Å². The van der Waals surface area contributed by atoms with Gasteiger partial charge in [-0.1, -0.05) is 0 Å². The molecule has 1 N–H and O–H groups in total. The maximum atomic E-state index is 12.2. The number of esters is 1. The number of benzene rings is 1. The second-order valence-corrected chi connectivity index (χ2v) is 6.27. The van der Waals surface area contributed by atoms with E-state index in [1.807, 2.05) is 6.92 Å². The molecule has 1 aromatic rings. The van der Waals surface area contributed by atoms with Crippen molar-refractivity contribution in [2.75, 3.05) is 45.8 Å². The Balaban J connectivity index is 1.77. The normalized spacial score (nSPS) is 15.3. The zero-order chi connectivity index (χ0) is 18.9. The van der Waals surface area contributed by atoms with Crippen molar-refractivity contribution >= 4 is 17.6 Å². The van der Waals surface area contributed by atoms with E-state index >= 15 is 0 Å². The van der Waals surface area contributed by atoms with Gasteiger partial charge >= 0.3 is 5.97 Å². The number of amides is 1. The maximum absolute atomic E-state index is 12.2. The molecule has 0 spiro atoms. The van der Waals surface area contributed by atoms with Crippen LogP contribution in [0.2, 0.25) is 0 Å². The first-order chi connectivity index (χ1) is 12.5. The summed E-state index contributed by atoms with van der Waals surface area (Å²) in [6.45, 7) is 4.54. The second kappa shape index (κ2) is 10.0. The van der Waals surface area contributed by atoms with E-state index < -0.39 is 0 Å². The Kier molecular flexibility index (Phi) is 7.72. The molecule has 144 valence electrons. The van der Waals surface area contributed by atoms with E-state index in [-0.39, 0.29) is 17.8 Å². The van der Waals surface area contributed by atoms with Crippen LogP contribution in [0, 0.1) is 5.92 Å². The van der Waals surface area contributed by atoms with E-state index in [4.69, 9.17) is 14.2 Å². The van der Waals surface area contributed by atoms with E-state index in [1.54, 1.807) is 32.4 Å². The fourth-order valence-electron chi connectivity index (χ4n) is 3.02. The average molecular weight is 364 g/mol. The summed E-state index contributed by atoms with van der Waals surface area (Å²) in [5, 5.41) is 2.87. The highest BCUT2D eigenvalue weighted by molar-refractivity contribution is 5.91. The van der Waals surface area contributed by atoms with Gasteiger partial charge in [-0.3, -0.25) is 9.59 Å². The third-order valence-corrected chi connectivity index (χ3v) is 4.50. The molecule has 2 rings (SSSR count). The van der Waals surface area contributed by atoms with E-state index in [1.165, 1.54) is 0 Å². The number of anilines is 1. The van der Waals surface area contributed by atoms with Gasteiger partial charge < -0.3 is 24.4 Å². The fourth-order valence-corrected chi connectivity index (χ4v) is 3.02.